The van der Waals surface area contributed by atoms with Gasteiger partial charge in [0.05, 0.1) is 31.7 Å². The minimum Gasteiger partial charge on any atom is -0.481 e. The molecule has 0 aromatic heterocycles. The van der Waals surface area contributed by atoms with Gasteiger partial charge >= 0.3 is 18.0 Å². The Kier molecular flexibility index (Phi) is 38.0. The van der Waals surface area contributed by atoms with Crippen LogP contribution in [0.3, 0.4) is 0 Å². The van der Waals surface area contributed by atoms with Crippen LogP contribution in [-0.4, -0.2) is 268 Å². The Hall–Kier alpha value is -8.96. The quantitative estimate of drug-likeness (QED) is 0.0105. The number of aliphatic hydroxyl groups excluding tert-OH is 2. The van der Waals surface area contributed by atoms with Gasteiger partial charge < -0.3 is 105 Å². The van der Waals surface area contributed by atoms with Crippen LogP contribution in [0.25, 0.3) is 0 Å². The Labute approximate surface area is 628 Å². The molecule has 41 heteroatoms. The number of urea groups is 2. The van der Waals surface area contributed by atoms with Crippen molar-refractivity contribution in [3.8, 4) is 0 Å². The molecule has 600 valence electrons. The number of aliphatic carboxylic acids is 1. The average molecular weight is 1550 g/mol. The van der Waals surface area contributed by atoms with Crippen molar-refractivity contribution in [1.82, 2.24) is 84.2 Å². The zero-order valence-corrected chi connectivity index (χ0v) is 63.5. The lowest BCUT2D eigenvalue weighted by atomic mass is 9.96. The minimum absolute atomic E-state index is 0.00754. The fourth-order valence-corrected chi connectivity index (χ4v) is 14.3. The van der Waals surface area contributed by atoms with Crippen LogP contribution >= 0.6 is 21.6 Å². The molecule has 0 aromatic rings. The van der Waals surface area contributed by atoms with Crippen molar-refractivity contribution >= 4 is 129 Å². The fourth-order valence-electron chi connectivity index (χ4n) is 12.0. The summed E-state index contributed by atoms with van der Waals surface area (Å²) in [5, 5.41) is 65.2. The number of carbonyl (C=O) groups excluding carboxylic acids is 16. The van der Waals surface area contributed by atoms with Crippen LogP contribution in [0.5, 0.6) is 0 Å². The van der Waals surface area contributed by atoms with Gasteiger partial charge in [-0.25, -0.2) is 9.59 Å². The zero-order chi connectivity index (χ0) is 79.9. The van der Waals surface area contributed by atoms with E-state index in [-0.39, 0.29) is 76.5 Å². The van der Waals surface area contributed by atoms with E-state index >= 15 is 4.79 Å². The smallest absolute Gasteiger partial charge is 0.329 e. The average Bonchev–Trinajstić information content (AvgIpc) is 1.74. The first-order chi connectivity index (χ1) is 50.6. The number of nitrogens with two attached hydrogens (primary N) is 2. The van der Waals surface area contributed by atoms with Crippen molar-refractivity contribution < 1.29 is 96.8 Å². The van der Waals surface area contributed by atoms with Crippen LogP contribution in [0, 0.1) is 23.7 Å². The molecule has 17 atom stereocenters. The van der Waals surface area contributed by atoms with E-state index in [1.54, 1.807) is 48.5 Å². The number of fused-ring (bicyclic) bond motifs is 1. The third-order valence-electron chi connectivity index (χ3n) is 18.9. The molecule has 4 rings (SSSR count). The molecule has 107 heavy (non-hydrogen) atoms. The standard InChI is InChI=1S/C66H109N19O20S2/c1-10-33(6)48(79-52(92)38-18-13-21-69-38)60(100)78-45-31-107-106-30-44(57(97)76-42(28-87)55(95)72-39(19-14-22-70-64(67)68)53(93)75-43(29-88)56(96)74-41(25-32(4)5)62(102)84-23-15-17-37(84)27-86)77-61(101)49(34(7)11-2)81-65(104)83-66(105)82-51(91)36(9)71-54(94)40(26-47(89)90)73-59(99)46-20-16-24-85(46)63(103)50(35(8)12-3)80-58(45)98/h27,32-46,48-50,69,87-88H,10-26,28-31H2,1-9H3,(H,71,94)(H,72,95)(H,73,99)(H,74,96)(H,75,93)(H,76,97)(H,77,101)(H,78,100)(H,79,92)(H,80,98)(H,89,90)(H4,67,68,70)(H3,81,82,83,91,104,105)/t33-,34-,35-,36-,37-,38-,39-,40+,41-,42-,43-,44-,45-,46-,48-,49-,50-/m0/s1. The number of aliphatic hydroxyl groups is 2. The van der Waals surface area contributed by atoms with Gasteiger partial charge in [-0.3, -0.25) is 82.7 Å². The number of imide groups is 2. The summed E-state index contributed by atoms with van der Waals surface area (Å²) in [7, 11) is 1.65. The molecule has 4 fully saturated rings. The van der Waals surface area contributed by atoms with Gasteiger partial charge in [-0.2, -0.15) is 0 Å². The van der Waals surface area contributed by atoms with Gasteiger partial charge in [0, 0.05) is 31.1 Å². The number of likely N-dealkylation sites (tertiary alicyclic amines) is 1. The zero-order valence-electron chi connectivity index (χ0n) is 61.9. The number of nitrogens with one attached hydrogen (secondary N) is 14. The van der Waals surface area contributed by atoms with E-state index in [1.807, 2.05) is 10.6 Å². The molecule has 4 aliphatic rings. The number of aldehydes is 1. The molecule has 0 spiro atoms. The highest BCUT2D eigenvalue weighted by Crippen LogP contribution is 2.27. The van der Waals surface area contributed by atoms with Crippen LogP contribution < -0.4 is 85.9 Å². The van der Waals surface area contributed by atoms with Gasteiger partial charge in [0.1, 0.15) is 78.8 Å². The number of carbonyl (C=O) groups is 17. The summed E-state index contributed by atoms with van der Waals surface area (Å²) in [5.41, 5.74) is 11.1. The molecule has 4 aliphatic heterocycles. The number of guanidine groups is 1. The van der Waals surface area contributed by atoms with Gasteiger partial charge in [-0.1, -0.05) is 96.2 Å². The summed E-state index contributed by atoms with van der Waals surface area (Å²) in [6.45, 7) is 13.0. The number of hydrogen-bond acceptors (Lipinski definition) is 23. The highest BCUT2D eigenvalue weighted by molar-refractivity contribution is 8.76. The molecule has 0 aliphatic carbocycles. The maximum absolute atomic E-state index is 15.0. The van der Waals surface area contributed by atoms with Crippen LogP contribution in [0.1, 0.15) is 146 Å². The van der Waals surface area contributed by atoms with E-state index in [2.05, 4.69) is 68.8 Å². The second kappa shape index (κ2) is 45.0. The predicted octanol–water partition coefficient (Wildman–Crippen LogP) is -5.22. The molecule has 0 unspecified atom stereocenters. The topological polar surface area (TPSA) is 590 Å². The molecule has 17 amide bonds. The largest absolute Gasteiger partial charge is 0.481 e. The van der Waals surface area contributed by atoms with Crippen molar-refractivity contribution in [3.05, 3.63) is 0 Å². The molecule has 4 heterocycles. The molecule has 0 bridgehead atoms. The van der Waals surface area contributed by atoms with Crippen LogP contribution in [0.15, 0.2) is 4.99 Å². The van der Waals surface area contributed by atoms with Crippen molar-refractivity contribution in [1.29, 1.82) is 0 Å². The van der Waals surface area contributed by atoms with E-state index in [0.717, 1.165) is 33.4 Å². The van der Waals surface area contributed by atoms with Crippen LogP contribution in [-0.2, 0) is 71.9 Å². The molecule has 4 saturated heterocycles. The molecule has 0 radical (unpaired) electrons. The molecular formula is C66H109N19O20S2. The first-order valence-electron chi connectivity index (χ1n) is 36.1. The normalized spacial score (nSPS) is 24.8. The number of carboxylic acids is 1. The molecular weight excluding hydrogens is 1440 g/mol. The van der Waals surface area contributed by atoms with Crippen molar-refractivity contribution in [2.75, 3.05) is 50.9 Å². The predicted molar refractivity (Wildman–Crippen MR) is 390 cm³/mol. The first-order valence-corrected chi connectivity index (χ1v) is 38.6. The monoisotopic (exact) mass is 1550 g/mol. The third kappa shape index (κ3) is 28.3. The van der Waals surface area contributed by atoms with Gasteiger partial charge in [-0.15, -0.1) is 0 Å². The number of hydrogen-bond donors (Lipinski definition) is 19. The lowest BCUT2D eigenvalue weighted by Gasteiger charge is -2.33. The highest BCUT2D eigenvalue weighted by Gasteiger charge is 2.44. The highest BCUT2D eigenvalue weighted by atomic mass is 33.1. The van der Waals surface area contributed by atoms with E-state index in [1.165, 1.54) is 11.8 Å². The number of carboxylic acid groups (broad SMARTS) is 1. The molecule has 0 saturated carbocycles. The van der Waals surface area contributed by atoms with Gasteiger partial charge in [-0.05, 0) is 94.9 Å². The van der Waals surface area contributed by atoms with E-state index in [4.69, 9.17) is 11.5 Å². The van der Waals surface area contributed by atoms with Gasteiger partial charge in [0.25, 0.3) is 0 Å². The number of aliphatic imine (C=N–C) groups is 1. The van der Waals surface area contributed by atoms with E-state index in [9.17, 15) is 92.0 Å². The molecule has 0 aromatic carbocycles. The number of nitrogens with zero attached hydrogens (tertiary/aromatic N) is 3. The number of rotatable bonds is 30. The van der Waals surface area contributed by atoms with Gasteiger partial charge in [0.15, 0.2) is 5.96 Å². The maximum atomic E-state index is 15.0. The summed E-state index contributed by atoms with van der Waals surface area (Å²) in [4.78, 5) is 242. The summed E-state index contributed by atoms with van der Waals surface area (Å²) < 4.78 is 0. The second-order valence-electron chi connectivity index (χ2n) is 27.5. The lowest BCUT2D eigenvalue weighted by molar-refractivity contribution is -0.144. The summed E-state index contributed by atoms with van der Waals surface area (Å²) in [5.74, 6) is -17.6. The lowest BCUT2D eigenvalue weighted by Crippen LogP contribution is -2.62. The first kappa shape index (κ1) is 90.4. The minimum atomic E-state index is -1.97. The van der Waals surface area contributed by atoms with E-state index < -0.39 is 228 Å². The van der Waals surface area contributed by atoms with Crippen molar-refractivity contribution in [3.63, 3.8) is 0 Å². The summed E-state index contributed by atoms with van der Waals surface area (Å²) in [6.07, 6.45) is 2.51. The molecule has 39 nitrogen and oxygen atoms in total. The Morgan fingerprint density at radius 3 is 1.83 bits per heavy atom. The van der Waals surface area contributed by atoms with Crippen LogP contribution in [0.2, 0.25) is 0 Å². The Balaban J connectivity index is 1.79. The Morgan fingerprint density at radius 1 is 0.626 bits per heavy atom. The Bertz CT molecular complexity index is 3200. The molecule has 21 N–H and O–H groups in total. The number of amides is 17. The Morgan fingerprint density at radius 2 is 1.23 bits per heavy atom. The van der Waals surface area contributed by atoms with E-state index in [0.29, 0.717) is 44.9 Å². The maximum Gasteiger partial charge on any atom is 0.329 e. The van der Waals surface area contributed by atoms with Gasteiger partial charge in [0.2, 0.25) is 76.8 Å². The third-order valence-corrected chi connectivity index (χ3v) is 21.3. The van der Waals surface area contributed by atoms with Crippen molar-refractivity contribution in [2.45, 2.75) is 230 Å². The van der Waals surface area contributed by atoms with Crippen LogP contribution in [0.4, 0.5) is 9.59 Å². The fraction of sp³-hybridized carbons (Fsp3) is 0.727. The SMILES string of the molecule is CC[C@H](C)[C@@H]1NC(=O)NC(=O)NC(=O)[C@H](C)NC(=O)[C@@H](CC(=O)O)NC(=O)[C@@H]2CCCN2C(=O)[C@H]([C@@H](C)CC)NC(=O)[C@@H](NC(=O)[C@@H](NC(=O)[C@@H]2CCCN2)[C@@H](C)CC)CSSC[C@@H](C(=O)N[C@@H](CO)C(=O)N[C@@H](CCCN=C(N)N)C(=O)N[C@@H](CO)C(=O)N[C@@H](CC(C)C)C(=O)N2CCC[C@H]2C=O)NC1=O. The summed E-state index contributed by atoms with van der Waals surface area (Å²) in [6, 6.07) is -23.3. The second-order valence-corrected chi connectivity index (χ2v) is 30.1. The van der Waals surface area contributed by atoms with Crippen molar-refractivity contribution in [2.24, 2.45) is 40.1 Å². The summed E-state index contributed by atoms with van der Waals surface area (Å²) >= 11 is 0.